The van der Waals surface area contributed by atoms with E-state index in [1.165, 1.54) is 0 Å². The van der Waals surface area contributed by atoms with E-state index < -0.39 is 10.6 Å². The zero-order chi connectivity index (χ0) is 14.2. The third-order valence-corrected chi connectivity index (χ3v) is 7.76. The molecule has 0 amide bonds. The molecule has 110 valence electrons. The molecule has 0 aromatic rings. The van der Waals surface area contributed by atoms with Gasteiger partial charge in [-0.2, -0.15) is 0 Å². The van der Waals surface area contributed by atoms with Crippen LogP contribution >= 0.6 is 10.6 Å². The van der Waals surface area contributed by atoms with Crippen molar-refractivity contribution >= 4 is 10.6 Å². The molecule has 0 rings (SSSR count). The molecule has 0 saturated carbocycles. The van der Waals surface area contributed by atoms with Gasteiger partial charge in [0.25, 0.3) is 0 Å². The highest BCUT2D eigenvalue weighted by Gasteiger charge is 2.36. The molecule has 0 aliphatic heterocycles. The molecule has 0 bridgehead atoms. The number of hydrogen-bond acceptors (Lipinski definition) is 3. The Balaban J connectivity index is 5.63. The second-order valence-electron chi connectivity index (χ2n) is 4.07. The zero-order valence-corrected chi connectivity index (χ0v) is 14.1. The molecule has 0 radical (unpaired) electrons. The van der Waals surface area contributed by atoms with Crippen LogP contribution in [0.4, 0.5) is 0 Å². The van der Waals surface area contributed by atoms with Crippen LogP contribution in [0.25, 0.3) is 0 Å². The van der Waals surface area contributed by atoms with E-state index in [0.29, 0.717) is 0 Å². The van der Waals surface area contributed by atoms with Gasteiger partial charge in [-0.3, -0.25) is 0 Å². The van der Waals surface area contributed by atoms with Crippen molar-refractivity contribution in [3.8, 4) is 0 Å². The summed E-state index contributed by atoms with van der Waals surface area (Å²) in [7, 11) is -1.19. The molecule has 0 atom stereocenters. The van der Waals surface area contributed by atoms with Crippen LogP contribution in [0, 0.1) is 0 Å². The van der Waals surface area contributed by atoms with Crippen LogP contribution < -0.4 is 0 Å². The third kappa shape index (κ3) is 3.29. The predicted octanol–water partition coefficient (Wildman–Crippen LogP) is 3.70. The highest BCUT2D eigenvalue weighted by Crippen LogP contribution is 2.58. The average molecular weight is 276 g/mol. The van der Waals surface area contributed by atoms with Gasteiger partial charge in [0.2, 0.25) is 0 Å². The standard InChI is InChI=1S/C14H33N3S/c1-8-15(9-2)18(14-7,16(10-3)11-4)17(12-5)13-6/h14H,7-13H2,1-6H3. The number of nitrogens with zero attached hydrogens (tertiary/aromatic N) is 3. The van der Waals surface area contributed by atoms with Crippen LogP contribution in [0.3, 0.4) is 0 Å². The van der Waals surface area contributed by atoms with Gasteiger partial charge in [0.15, 0.2) is 0 Å². The Labute approximate surface area is 117 Å². The lowest BCUT2D eigenvalue weighted by Gasteiger charge is -2.58. The van der Waals surface area contributed by atoms with Crippen LogP contribution in [0.15, 0.2) is 12.0 Å². The maximum absolute atomic E-state index is 4.20. The normalized spacial score (nSPS) is 13.6. The van der Waals surface area contributed by atoms with Gasteiger partial charge in [0.1, 0.15) is 0 Å². The van der Waals surface area contributed by atoms with Crippen molar-refractivity contribution in [1.82, 2.24) is 12.9 Å². The Morgan fingerprint density at radius 3 is 1.00 bits per heavy atom. The van der Waals surface area contributed by atoms with Gasteiger partial charge in [0, 0.05) is 39.3 Å². The molecule has 0 heterocycles. The summed E-state index contributed by atoms with van der Waals surface area (Å²) in [4.78, 5) is 0. The van der Waals surface area contributed by atoms with Gasteiger partial charge in [-0.05, 0) is 16.0 Å². The maximum Gasteiger partial charge on any atom is 0.00711 e. The summed E-state index contributed by atoms with van der Waals surface area (Å²) in [5.41, 5.74) is 0. The first-order valence-electron chi connectivity index (χ1n) is 7.33. The summed E-state index contributed by atoms with van der Waals surface area (Å²) in [6.07, 6.45) is 0. The van der Waals surface area contributed by atoms with E-state index in [9.17, 15) is 0 Å². The van der Waals surface area contributed by atoms with Gasteiger partial charge >= 0.3 is 0 Å². The van der Waals surface area contributed by atoms with Crippen molar-refractivity contribution in [2.24, 2.45) is 0 Å². The quantitative estimate of drug-likeness (QED) is 0.602. The fraction of sp³-hybridized carbons (Fsp3) is 0.857. The summed E-state index contributed by atoms with van der Waals surface area (Å²) in [6, 6.07) is 0. The predicted molar refractivity (Wildman–Crippen MR) is 86.6 cm³/mol. The first kappa shape index (κ1) is 18.0. The molecule has 0 fully saturated rings. The van der Waals surface area contributed by atoms with Gasteiger partial charge in [-0.1, -0.05) is 48.1 Å². The summed E-state index contributed by atoms with van der Waals surface area (Å²) in [6.45, 7) is 24.2. The molecule has 3 nitrogen and oxygen atoms in total. The lowest BCUT2D eigenvalue weighted by molar-refractivity contribution is 0.365. The van der Waals surface area contributed by atoms with E-state index >= 15 is 0 Å². The van der Waals surface area contributed by atoms with Crippen molar-refractivity contribution in [2.45, 2.75) is 41.5 Å². The summed E-state index contributed by atoms with van der Waals surface area (Å²) in [5, 5.41) is 2.21. The van der Waals surface area contributed by atoms with Crippen LogP contribution in [-0.4, -0.2) is 52.2 Å². The Kier molecular flexibility index (Phi) is 8.95. The largest absolute Gasteiger partial charge is 0.242 e. The SMILES string of the molecule is C=CS(N(CC)CC)(N(CC)CC)N(CC)CC. The van der Waals surface area contributed by atoms with E-state index in [-0.39, 0.29) is 0 Å². The van der Waals surface area contributed by atoms with Crippen LogP contribution in [0.1, 0.15) is 41.5 Å². The molecule has 0 spiro atoms. The molecule has 0 unspecified atom stereocenters. The minimum absolute atomic E-state index is 1.07. The minimum Gasteiger partial charge on any atom is -0.242 e. The molecule has 4 heteroatoms. The van der Waals surface area contributed by atoms with Crippen molar-refractivity contribution in [1.29, 1.82) is 0 Å². The lowest BCUT2D eigenvalue weighted by atomic mass is 10.7. The molecular formula is C14H33N3S. The summed E-state index contributed by atoms with van der Waals surface area (Å²) < 4.78 is 7.75. The van der Waals surface area contributed by atoms with Crippen LogP contribution in [0.5, 0.6) is 0 Å². The van der Waals surface area contributed by atoms with E-state index in [4.69, 9.17) is 0 Å². The smallest absolute Gasteiger partial charge is 0.00711 e. The fourth-order valence-corrected chi connectivity index (χ4v) is 6.51. The zero-order valence-electron chi connectivity index (χ0n) is 13.3. The summed E-state index contributed by atoms with van der Waals surface area (Å²) >= 11 is 0. The first-order valence-corrected chi connectivity index (χ1v) is 8.90. The molecule has 0 aliphatic carbocycles. The van der Waals surface area contributed by atoms with Crippen molar-refractivity contribution in [2.75, 3.05) is 39.3 Å². The third-order valence-electron chi connectivity index (χ3n) is 3.48. The van der Waals surface area contributed by atoms with E-state index in [1.54, 1.807) is 0 Å². The Morgan fingerprint density at radius 1 is 0.667 bits per heavy atom. The highest BCUT2D eigenvalue weighted by molar-refractivity contribution is 8.30. The van der Waals surface area contributed by atoms with Gasteiger partial charge < -0.3 is 0 Å². The molecule has 0 aliphatic rings. The lowest BCUT2D eigenvalue weighted by Crippen LogP contribution is -2.48. The second-order valence-corrected chi connectivity index (χ2v) is 7.08. The molecule has 18 heavy (non-hydrogen) atoms. The first-order chi connectivity index (χ1) is 8.62. The Hall–Kier alpha value is -0.0300. The molecular weight excluding hydrogens is 242 g/mol. The van der Waals surface area contributed by atoms with Crippen molar-refractivity contribution in [3.63, 3.8) is 0 Å². The molecule has 0 aromatic heterocycles. The number of hydrogen-bond donors (Lipinski definition) is 0. The average Bonchev–Trinajstić information content (AvgIpc) is 2.41. The topological polar surface area (TPSA) is 9.72 Å². The summed E-state index contributed by atoms with van der Waals surface area (Å²) in [5.74, 6) is 0. The highest BCUT2D eigenvalue weighted by atomic mass is 32.3. The second kappa shape index (κ2) is 8.97. The van der Waals surface area contributed by atoms with Crippen molar-refractivity contribution < 1.29 is 0 Å². The van der Waals surface area contributed by atoms with Crippen LogP contribution in [-0.2, 0) is 0 Å². The van der Waals surface area contributed by atoms with Crippen LogP contribution in [0.2, 0.25) is 0 Å². The minimum atomic E-state index is -1.19. The Bertz CT molecular complexity index is 190. The number of rotatable bonds is 10. The monoisotopic (exact) mass is 275 g/mol. The van der Waals surface area contributed by atoms with E-state index in [2.05, 4.69) is 66.4 Å². The molecule has 0 saturated heterocycles. The fourth-order valence-electron chi connectivity index (χ4n) is 2.62. The van der Waals surface area contributed by atoms with Gasteiger partial charge in [-0.15, -0.1) is 0 Å². The Morgan fingerprint density at radius 2 is 0.889 bits per heavy atom. The maximum atomic E-state index is 4.20. The van der Waals surface area contributed by atoms with Gasteiger partial charge in [0.05, 0.1) is 0 Å². The van der Waals surface area contributed by atoms with E-state index in [0.717, 1.165) is 39.3 Å². The van der Waals surface area contributed by atoms with Gasteiger partial charge in [-0.25, -0.2) is 12.9 Å². The molecule has 0 N–H and O–H groups in total. The van der Waals surface area contributed by atoms with Crippen molar-refractivity contribution in [3.05, 3.63) is 12.0 Å². The van der Waals surface area contributed by atoms with E-state index in [1.807, 2.05) is 0 Å². The molecule has 0 aromatic carbocycles.